The number of benzene rings is 4. The van der Waals surface area contributed by atoms with Gasteiger partial charge in [-0.2, -0.15) is 0 Å². The maximum atomic E-state index is 6.76. The van der Waals surface area contributed by atoms with Crippen LogP contribution in [0, 0.1) is 13.8 Å². The third-order valence-corrected chi connectivity index (χ3v) is 7.12. The van der Waals surface area contributed by atoms with Crippen molar-refractivity contribution in [3.63, 3.8) is 0 Å². The predicted octanol–water partition coefficient (Wildman–Crippen LogP) is 7.98. The standard InChI is InChI=1S/C33H29NO2/c1-22-13-15-26(16-14-22)33-32-30(28-11-7-8-12-29(28)36-33)23(2)31(25-17-19-27(35-3)20-18-25)34(32)21-24-9-5-4-6-10-24/h4-20,33H,21H2,1-3H3. The van der Waals surface area contributed by atoms with E-state index in [4.69, 9.17) is 9.47 Å². The molecule has 0 radical (unpaired) electrons. The van der Waals surface area contributed by atoms with E-state index >= 15 is 0 Å². The molecule has 36 heavy (non-hydrogen) atoms. The van der Waals surface area contributed by atoms with Gasteiger partial charge in [0.05, 0.1) is 18.5 Å². The van der Waals surface area contributed by atoms with Crippen molar-refractivity contribution < 1.29 is 9.47 Å². The monoisotopic (exact) mass is 471 g/mol. The van der Waals surface area contributed by atoms with Crippen LogP contribution in [-0.4, -0.2) is 11.7 Å². The van der Waals surface area contributed by atoms with Crippen molar-refractivity contribution in [2.24, 2.45) is 0 Å². The fourth-order valence-corrected chi connectivity index (χ4v) is 5.36. The lowest BCUT2D eigenvalue weighted by molar-refractivity contribution is 0.233. The van der Waals surface area contributed by atoms with E-state index in [-0.39, 0.29) is 6.10 Å². The Bertz CT molecular complexity index is 1510. The maximum absolute atomic E-state index is 6.76. The van der Waals surface area contributed by atoms with Crippen LogP contribution < -0.4 is 9.47 Å². The van der Waals surface area contributed by atoms with Crippen LogP contribution in [-0.2, 0) is 6.54 Å². The third kappa shape index (κ3) is 3.77. The molecule has 0 fully saturated rings. The third-order valence-electron chi connectivity index (χ3n) is 7.12. The van der Waals surface area contributed by atoms with Crippen LogP contribution in [0.4, 0.5) is 0 Å². The lowest BCUT2D eigenvalue weighted by Crippen LogP contribution is -2.20. The second-order valence-corrected chi connectivity index (χ2v) is 9.44. The van der Waals surface area contributed by atoms with E-state index in [0.717, 1.165) is 29.2 Å². The largest absolute Gasteiger partial charge is 0.497 e. The van der Waals surface area contributed by atoms with E-state index in [1.165, 1.54) is 39.2 Å². The molecule has 4 aromatic carbocycles. The Kier molecular flexibility index (Phi) is 5.61. The number of ether oxygens (including phenoxy) is 2. The van der Waals surface area contributed by atoms with Crippen LogP contribution in [0.1, 0.15) is 34.1 Å². The smallest absolute Gasteiger partial charge is 0.164 e. The molecular formula is C33H29NO2. The van der Waals surface area contributed by atoms with Crippen LogP contribution in [0.3, 0.4) is 0 Å². The molecule has 1 aliphatic rings. The van der Waals surface area contributed by atoms with Crippen LogP contribution in [0.2, 0.25) is 0 Å². The van der Waals surface area contributed by atoms with E-state index in [2.05, 4.69) is 109 Å². The molecule has 0 saturated heterocycles. The van der Waals surface area contributed by atoms with Gasteiger partial charge in [0.15, 0.2) is 6.10 Å². The predicted molar refractivity (Wildman–Crippen MR) is 146 cm³/mol. The van der Waals surface area contributed by atoms with Gasteiger partial charge in [0.2, 0.25) is 0 Å². The van der Waals surface area contributed by atoms with Gasteiger partial charge in [0.25, 0.3) is 0 Å². The number of hydrogen-bond acceptors (Lipinski definition) is 2. The lowest BCUT2D eigenvalue weighted by atomic mass is 9.92. The number of hydrogen-bond donors (Lipinski definition) is 0. The fourth-order valence-electron chi connectivity index (χ4n) is 5.36. The van der Waals surface area contributed by atoms with Crippen molar-refractivity contribution in [2.45, 2.75) is 26.5 Å². The zero-order chi connectivity index (χ0) is 24.6. The van der Waals surface area contributed by atoms with Crippen LogP contribution in [0.15, 0.2) is 103 Å². The quantitative estimate of drug-likeness (QED) is 0.259. The number of aromatic nitrogens is 1. The highest BCUT2D eigenvalue weighted by Crippen LogP contribution is 2.50. The molecule has 2 heterocycles. The summed E-state index contributed by atoms with van der Waals surface area (Å²) in [6.45, 7) is 5.12. The summed E-state index contributed by atoms with van der Waals surface area (Å²) in [6, 6.07) is 36.2. The number of methoxy groups -OCH3 is 1. The highest BCUT2D eigenvalue weighted by molar-refractivity contribution is 5.85. The van der Waals surface area contributed by atoms with E-state index in [1.54, 1.807) is 7.11 Å². The summed E-state index contributed by atoms with van der Waals surface area (Å²) >= 11 is 0. The first-order valence-corrected chi connectivity index (χ1v) is 12.4. The van der Waals surface area contributed by atoms with Gasteiger partial charge in [0.1, 0.15) is 11.5 Å². The molecule has 0 spiro atoms. The zero-order valence-electron chi connectivity index (χ0n) is 20.9. The molecule has 178 valence electrons. The van der Waals surface area contributed by atoms with Gasteiger partial charge in [-0.25, -0.2) is 0 Å². The summed E-state index contributed by atoms with van der Waals surface area (Å²) < 4.78 is 14.7. The second kappa shape index (κ2) is 9.09. The van der Waals surface area contributed by atoms with Gasteiger partial charge in [-0.05, 0) is 66.4 Å². The normalized spacial score (nSPS) is 14.0. The molecule has 1 atom stereocenters. The van der Waals surface area contributed by atoms with Gasteiger partial charge < -0.3 is 14.0 Å². The minimum Gasteiger partial charge on any atom is -0.497 e. The molecule has 6 rings (SSSR count). The van der Waals surface area contributed by atoms with Crippen molar-refractivity contribution in [1.29, 1.82) is 0 Å². The van der Waals surface area contributed by atoms with Crippen LogP contribution in [0.25, 0.3) is 22.4 Å². The number of nitrogens with zero attached hydrogens (tertiary/aromatic N) is 1. The first kappa shape index (κ1) is 22.2. The summed E-state index contributed by atoms with van der Waals surface area (Å²) in [4.78, 5) is 0. The molecule has 1 unspecified atom stereocenters. The Balaban J connectivity index is 1.65. The molecule has 0 saturated carbocycles. The minimum atomic E-state index is -0.204. The Labute approximate surface area is 212 Å². The topological polar surface area (TPSA) is 23.4 Å². The summed E-state index contributed by atoms with van der Waals surface area (Å²) in [6.07, 6.45) is -0.204. The Morgan fingerprint density at radius 2 is 1.47 bits per heavy atom. The Morgan fingerprint density at radius 3 is 2.19 bits per heavy atom. The van der Waals surface area contributed by atoms with Crippen LogP contribution >= 0.6 is 0 Å². The lowest BCUT2D eigenvalue weighted by Gasteiger charge is -2.29. The van der Waals surface area contributed by atoms with Crippen molar-refractivity contribution >= 4 is 0 Å². The van der Waals surface area contributed by atoms with Gasteiger partial charge in [-0.3, -0.25) is 0 Å². The maximum Gasteiger partial charge on any atom is 0.164 e. The minimum absolute atomic E-state index is 0.204. The summed E-state index contributed by atoms with van der Waals surface area (Å²) in [7, 11) is 1.71. The Morgan fingerprint density at radius 1 is 0.778 bits per heavy atom. The van der Waals surface area contributed by atoms with Gasteiger partial charge in [0, 0.05) is 17.7 Å². The molecule has 0 aliphatic carbocycles. The number of aryl methyl sites for hydroxylation is 1. The molecule has 0 bridgehead atoms. The molecule has 5 aromatic rings. The molecule has 3 heteroatoms. The molecule has 3 nitrogen and oxygen atoms in total. The summed E-state index contributed by atoms with van der Waals surface area (Å²) in [5, 5.41) is 0. The number of rotatable bonds is 5. The fraction of sp³-hybridized carbons (Fsp3) is 0.152. The van der Waals surface area contributed by atoms with E-state index in [1.807, 2.05) is 12.1 Å². The molecule has 0 N–H and O–H groups in total. The summed E-state index contributed by atoms with van der Waals surface area (Å²) in [5.74, 6) is 1.78. The number of para-hydroxylation sites is 1. The van der Waals surface area contributed by atoms with E-state index in [0.29, 0.717) is 0 Å². The van der Waals surface area contributed by atoms with E-state index < -0.39 is 0 Å². The van der Waals surface area contributed by atoms with Gasteiger partial charge >= 0.3 is 0 Å². The molecule has 1 aromatic heterocycles. The van der Waals surface area contributed by atoms with E-state index in [9.17, 15) is 0 Å². The van der Waals surface area contributed by atoms with Crippen molar-refractivity contribution in [1.82, 2.24) is 4.57 Å². The van der Waals surface area contributed by atoms with Crippen molar-refractivity contribution in [3.8, 4) is 33.9 Å². The van der Waals surface area contributed by atoms with Gasteiger partial charge in [-0.15, -0.1) is 0 Å². The first-order chi connectivity index (χ1) is 17.6. The molecular weight excluding hydrogens is 442 g/mol. The second-order valence-electron chi connectivity index (χ2n) is 9.44. The summed E-state index contributed by atoms with van der Waals surface area (Å²) in [5.41, 5.74) is 10.9. The molecule has 1 aliphatic heterocycles. The molecule has 0 amide bonds. The number of fused-ring (bicyclic) bond motifs is 3. The Hall–Kier alpha value is -4.24. The zero-order valence-corrected chi connectivity index (χ0v) is 20.9. The van der Waals surface area contributed by atoms with Crippen molar-refractivity contribution in [2.75, 3.05) is 7.11 Å². The van der Waals surface area contributed by atoms with Crippen LogP contribution in [0.5, 0.6) is 11.5 Å². The SMILES string of the molecule is COc1ccc(-c2c(C)c3c(n2Cc2ccccc2)C(c2ccc(C)cc2)Oc2ccccc2-3)cc1. The van der Waals surface area contributed by atoms with Gasteiger partial charge in [-0.1, -0.05) is 78.4 Å². The highest BCUT2D eigenvalue weighted by atomic mass is 16.5. The highest BCUT2D eigenvalue weighted by Gasteiger charge is 2.35. The average molecular weight is 472 g/mol. The first-order valence-electron chi connectivity index (χ1n) is 12.4. The van der Waals surface area contributed by atoms with Crippen molar-refractivity contribution in [3.05, 3.63) is 131 Å². The average Bonchev–Trinajstić information content (AvgIpc) is 3.21.